The summed E-state index contributed by atoms with van der Waals surface area (Å²) >= 11 is 1.85. The van der Waals surface area contributed by atoms with Crippen molar-refractivity contribution in [3.05, 3.63) is 78.9 Å². The van der Waals surface area contributed by atoms with Gasteiger partial charge in [-0.2, -0.15) is 0 Å². The Bertz CT molecular complexity index is 633. The van der Waals surface area contributed by atoms with Gasteiger partial charge in [0, 0.05) is 23.0 Å². The molecule has 3 heteroatoms. The molecule has 1 aromatic heterocycles. The van der Waals surface area contributed by atoms with Gasteiger partial charge in [0.2, 0.25) is 0 Å². The standard InChI is InChI=1S/C16H14N2S/c1-2-6-14(7-3-1)12-19-16-9-5-4-8-15(16)18-11-10-17-13-18/h1-11,13H,12H2. The molecule has 94 valence electrons. The van der Waals surface area contributed by atoms with Gasteiger partial charge in [-0.05, 0) is 17.7 Å². The second kappa shape index (κ2) is 5.76. The van der Waals surface area contributed by atoms with Gasteiger partial charge in [-0.25, -0.2) is 4.98 Å². The average Bonchev–Trinajstić information content (AvgIpc) is 3.01. The number of imidazole rings is 1. The minimum atomic E-state index is 0.979. The fourth-order valence-corrected chi connectivity index (χ4v) is 2.94. The fraction of sp³-hybridized carbons (Fsp3) is 0.0625. The Morgan fingerprint density at radius 3 is 2.53 bits per heavy atom. The van der Waals surface area contributed by atoms with Crippen molar-refractivity contribution in [2.45, 2.75) is 10.6 Å². The summed E-state index contributed by atoms with van der Waals surface area (Å²) in [6.45, 7) is 0. The van der Waals surface area contributed by atoms with Gasteiger partial charge < -0.3 is 4.57 Å². The molecule has 0 aliphatic rings. The van der Waals surface area contributed by atoms with Crippen molar-refractivity contribution in [2.24, 2.45) is 0 Å². The lowest BCUT2D eigenvalue weighted by Crippen LogP contribution is -1.92. The zero-order valence-electron chi connectivity index (χ0n) is 10.4. The summed E-state index contributed by atoms with van der Waals surface area (Å²) in [5.41, 5.74) is 2.52. The molecule has 0 atom stereocenters. The number of benzene rings is 2. The number of aromatic nitrogens is 2. The highest BCUT2D eigenvalue weighted by atomic mass is 32.2. The second-order valence-electron chi connectivity index (χ2n) is 4.21. The van der Waals surface area contributed by atoms with Crippen LogP contribution in [0.15, 0.2) is 78.2 Å². The first-order valence-corrected chi connectivity index (χ1v) is 7.16. The molecule has 0 N–H and O–H groups in total. The van der Waals surface area contributed by atoms with Crippen molar-refractivity contribution >= 4 is 11.8 Å². The number of para-hydroxylation sites is 1. The molecule has 2 aromatic carbocycles. The van der Waals surface area contributed by atoms with Crippen molar-refractivity contribution in [3.63, 3.8) is 0 Å². The minimum Gasteiger partial charge on any atom is -0.305 e. The summed E-state index contributed by atoms with van der Waals surface area (Å²) < 4.78 is 2.05. The Kier molecular flexibility index (Phi) is 3.65. The first-order chi connectivity index (χ1) is 9.43. The molecule has 2 nitrogen and oxygen atoms in total. The maximum Gasteiger partial charge on any atom is 0.0992 e. The topological polar surface area (TPSA) is 17.8 Å². The van der Waals surface area contributed by atoms with E-state index in [4.69, 9.17) is 0 Å². The summed E-state index contributed by atoms with van der Waals surface area (Å²) in [5.74, 6) is 0.979. The third kappa shape index (κ3) is 2.88. The molecule has 0 amide bonds. The van der Waals surface area contributed by atoms with Crippen LogP contribution in [0.1, 0.15) is 5.56 Å². The molecule has 0 aliphatic carbocycles. The van der Waals surface area contributed by atoms with Crippen LogP contribution in [-0.4, -0.2) is 9.55 Å². The quantitative estimate of drug-likeness (QED) is 0.660. The second-order valence-corrected chi connectivity index (χ2v) is 5.23. The highest BCUT2D eigenvalue weighted by Gasteiger charge is 2.04. The van der Waals surface area contributed by atoms with E-state index in [1.54, 1.807) is 6.20 Å². The molecule has 19 heavy (non-hydrogen) atoms. The van der Waals surface area contributed by atoms with Crippen LogP contribution in [0.2, 0.25) is 0 Å². The first-order valence-electron chi connectivity index (χ1n) is 6.17. The normalized spacial score (nSPS) is 10.5. The molecule has 0 unspecified atom stereocenters. The van der Waals surface area contributed by atoms with Gasteiger partial charge in [0.05, 0.1) is 12.0 Å². The Morgan fingerprint density at radius 1 is 0.947 bits per heavy atom. The lowest BCUT2D eigenvalue weighted by Gasteiger charge is -2.09. The van der Waals surface area contributed by atoms with Crippen molar-refractivity contribution in [1.82, 2.24) is 9.55 Å². The molecule has 0 spiro atoms. The number of hydrogen-bond donors (Lipinski definition) is 0. The van der Waals surface area contributed by atoms with Crippen LogP contribution in [0, 0.1) is 0 Å². The molecule has 3 rings (SSSR count). The largest absolute Gasteiger partial charge is 0.305 e. The maximum absolute atomic E-state index is 4.11. The summed E-state index contributed by atoms with van der Waals surface area (Å²) in [6, 6.07) is 18.9. The highest BCUT2D eigenvalue weighted by Crippen LogP contribution is 2.28. The molecule has 3 aromatic rings. The molecule has 0 radical (unpaired) electrons. The van der Waals surface area contributed by atoms with Crippen LogP contribution in [-0.2, 0) is 5.75 Å². The monoisotopic (exact) mass is 266 g/mol. The Labute approximate surface area is 117 Å². The molecule has 0 aliphatic heterocycles. The molecule has 0 bridgehead atoms. The van der Waals surface area contributed by atoms with Gasteiger partial charge in [-0.15, -0.1) is 11.8 Å². The van der Waals surface area contributed by atoms with Crippen LogP contribution in [0.5, 0.6) is 0 Å². The zero-order chi connectivity index (χ0) is 12.9. The van der Waals surface area contributed by atoms with Gasteiger partial charge in [-0.1, -0.05) is 42.5 Å². The summed E-state index contributed by atoms with van der Waals surface area (Å²) in [5, 5.41) is 0. The van der Waals surface area contributed by atoms with Crippen LogP contribution in [0.25, 0.3) is 5.69 Å². The van der Waals surface area contributed by atoms with E-state index in [1.807, 2.05) is 34.9 Å². The molecule has 0 saturated carbocycles. The van der Waals surface area contributed by atoms with Gasteiger partial charge in [0.15, 0.2) is 0 Å². The Balaban J connectivity index is 1.82. The molecule has 0 fully saturated rings. The number of rotatable bonds is 4. The number of hydrogen-bond acceptors (Lipinski definition) is 2. The first kappa shape index (κ1) is 12.1. The van der Waals surface area contributed by atoms with E-state index in [0.717, 1.165) is 5.75 Å². The maximum atomic E-state index is 4.11. The predicted molar refractivity (Wildman–Crippen MR) is 79.6 cm³/mol. The molecular weight excluding hydrogens is 252 g/mol. The third-order valence-electron chi connectivity index (χ3n) is 2.88. The van der Waals surface area contributed by atoms with E-state index in [9.17, 15) is 0 Å². The summed E-state index contributed by atoms with van der Waals surface area (Å²) in [6.07, 6.45) is 5.61. The Morgan fingerprint density at radius 2 is 1.74 bits per heavy atom. The van der Waals surface area contributed by atoms with E-state index in [2.05, 4.69) is 53.5 Å². The van der Waals surface area contributed by atoms with Gasteiger partial charge in [0.1, 0.15) is 0 Å². The van der Waals surface area contributed by atoms with Crippen LogP contribution in [0.3, 0.4) is 0 Å². The zero-order valence-corrected chi connectivity index (χ0v) is 11.3. The van der Waals surface area contributed by atoms with Crippen LogP contribution < -0.4 is 0 Å². The van der Waals surface area contributed by atoms with Crippen LogP contribution in [0.4, 0.5) is 0 Å². The van der Waals surface area contributed by atoms with Crippen molar-refractivity contribution in [2.75, 3.05) is 0 Å². The minimum absolute atomic E-state index is 0.979. The lowest BCUT2D eigenvalue weighted by molar-refractivity contribution is 1.02. The number of nitrogens with zero attached hydrogens (tertiary/aromatic N) is 2. The van der Waals surface area contributed by atoms with E-state index in [1.165, 1.54) is 16.1 Å². The average molecular weight is 266 g/mol. The Hall–Kier alpha value is -2.00. The SMILES string of the molecule is c1ccc(CSc2ccccc2-n2ccnc2)cc1. The van der Waals surface area contributed by atoms with Gasteiger partial charge in [0.25, 0.3) is 0 Å². The molecular formula is C16H14N2S. The molecule has 1 heterocycles. The third-order valence-corrected chi connectivity index (χ3v) is 4.02. The van der Waals surface area contributed by atoms with Crippen molar-refractivity contribution < 1.29 is 0 Å². The van der Waals surface area contributed by atoms with Crippen LogP contribution >= 0.6 is 11.8 Å². The lowest BCUT2D eigenvalue weighted by atomic mass is 10.2. The van der Waals surface area contributed by atoms with E-state index < -0.39 is 0 Å². The van der Waals surface area contributed by atoms with Crippen molar-refractivity contribution in [3.8, 4) is 5.69 Å². The van der Waals surface area contributed by atoms with E-state index in [-0.39, 0.29) is 0 Å². The number of thioether (sulfide) groups is 1. The van der Waals surface area contributed by atoms with Crippen molar-refractivity contribution in [1.29, 1.82) is 0 Å². The summed E-state index contributed by atoms with van der Waals surface area (Å²) in [4.78, 5) is 5.38. The molecule has 0 saturated heterocycles. The van der Waals surface area contributed by atoms with E-state index in [0.29, 0.717) is 0 Å². The van der Waals surface area contributed by atoms with E-state index >= 15 is 0 Å². The fourth-order valence-electron chi connectivity index (χ4n) is 1.93. The highest BCUT2D eigenvalue weighted by molar-refractivity contribution is 7.98. The van der Waals surface area contributed by atoms with Gasteiger partial charge >= 0.3 is 0 Å². The van der Waals surface area contributed by atoms with Gasteiger partial charge in [-0.3, -0.25) is 0 Å². The smallest absolute Gasteiger partial charge is 0.0992 e. The predicted octanol–water partition coefficient (Wildman–Crippen LogP) is 4.16. The summed E-state index contributed by atoms with van der Waals surface area (Å²) in [7, 11) is 0.